The molecular weight excluding hydrogens is 203 g/mol. The van der Waals surface area contributed by atoms with Crippen molar-refractivity contribution in [1.29, 1.82) is 0 Å². The first-order valence-electron chi connectivity index (χ1n) is 5.27. The molecule has 0 aliphatic rings. The van der Waals surface area contributed by atoms with E-state index in [1.807, 2.05) is 19.9 Å². The highest BCUT2D eigenvalue weighted by Gasteiger charge is 2.14. The lowest BCUT2D eigenvalue weighted by Crippen LogP contribution is -2.34. The van der Waals surface area contributed by atoms with Crippen molar-refractivity contribution in [2.75, 3.05) is 0 Å². The van der Waals surface area contributed by atoms with Gasteiger partial charge in [-0.05, 0) is 43.4 Å². The van der Waals surface area contributed by atoms with Crippen LogP contribution >= 0.6 is 0 Å². The third-order valence-electron chi connectivity index (χ3n) is 2.50. The van der Waals surface area contributed by atoms with Crippen LogP contribution in [-0.4, -0.2) is 10.5 Å². The van der Waals surface area contributed by atoms with E-state index in [0.717, 1.165) is 10.9 Å². The number of benzene rings is 1. The van der Waals surface area contributed by atoms with E-state index in [1.165, 1.54) is 6.07 Å². The van der Waals surface area contributed by atoms with Crippen LogP contribution in [0.25, 0.3) is 10.8 Å². The van der Waals surface area contributed by atoms with E-state index in [1.54, 1.807) is 18.5 Å². The van der Waals surface area contributed by atoms with Crippen molar-refractivity contribution in [3.05, 3.63) is 42.0 Å². The van der Waals surface area contributed by atoms with Crippen molar-refractivity contribution in [1.82, 2.24) is 4.98 Å². The van der Waals surface area contributed by atoms with Crippen molar-refractivity contribution in [3.8, 4) is 0 Å². The quantitative estimate of drug-likeness (QED) is 0.841. The van der Waals surface area contributed by atoms with Gasteiger partial charge in [-0.2, -0.15) is 0 Å². The van der Waals surface area contributed by atoms with E-state index >= 15 is 0 Å². The summed E-state index contributed by atoms with van der Waals surface area (Å²) in [5.74, 6) is -0.235. The Morgan fingerprint density at radius 1 is 1.25 bits per heavy atom. The summed E-state index contributed by atoms with van der Waals surface area (Å²) < 4.78 is 13.5. The Balaban J connectivity index is 2.59. The predicted molar refractivity (Wildman–Crippen MR) is 63.7 cm³/mol. The van der Waals surface area contributed by atoms with Crippen LogP contribution in [0.15, 0.2) is 30.6 Å². The lowest BCUT2D eigenvalue weighted by atomic mass is 9.93. The molecule has 0 amide bonds. The summed E-state index contributed by atoms with van der Waals surface area (Å²) in [6.07, 6.45) is 3.94. The maximum absolute atomic E-state index is 13.5. The molecule has 2 aromatic rings. The third-order valence-corrected chi connectivity index (χ3v) is 2.50. The molecule has 0 aliphatic carbocycles. The Bertz CT molecular complexity index is 515. The largest absolute Gasteiger partial charge is 0.325 e. The van der Waals surface area contributed by atoms with Crippen LogP contribution < -0.4 is 5.73 Å². The van der Waals surface area contributed by atoms with Gasteiger partial charge in [-0.15, -0.1) is 0 Å². The molecule has 1 aromatic heterocycles. The molecule has 2 nitrogen and oxygen atoms in total. The van der Waals surface area contributed by atoms with Crippen LogP contribution in [0.5, 0.6) is 0 Å². The monoisotopic (exact) mass is 218 g/mol. The first kappa shape index (κ1) is 11.0. The summed E-state index contributed by atoms with van der Waals surface area (Å²) in [4.78, 5) is 3.94. The molecule has 84 valence electrons. The maximum atomic E-state index is 13.5. The Morgan fingerprint density at radius 2 is 2.00 bits per heavy atom. The lowest BCUT2D eigenvalue weighted by Gasteiger charge is -2.19. The van der Waals surface area contributed by atoms with Gasteiger partial charge in [0.1, 0.15) is 5.82 Å². The maximum Gasteiger partial charge on any atom is 0.132 e. The van der Waals surface area contributed by atoms with Gasteiger partial charge in [-0.25, -0.2) is 4.39 Å². The molecule has 0 atom stereocenters. The van der Waals surface area contributed by atoms with E-state index in [9.17, 15) is 4.39 Å². The molecular formula is C13H15FN2. The Hall–Kier alpha value is -1.48. The Morgan fingerprint density at radius 3 is 2.69 bits per heavy atom. The molecule has 1 aromatic carbocycles. The third kappa shape index (κ3) is 2.19. The first-order valence-corrected chi connectivity index (χ1v) is 5.27. The number of hydrogen-bond donors (Lipinski definition) is 1. The van der Waals surface area contributed by atoms with Crippen molar-refractivity contribution in [3.63, 3.8) is 0 Å². The van der Waals surface area contributed by atoms with Crippen LogP contribution in [0.4, 0.5) is 4.39 Å². The minimum absolute atomic E-state index is 0.235. The van der Waals surface area contributed by atoms with Gasteiger partial charge in [0.2, 0.25) is 0 Å². The van der Waals surface area contributed by atoms with Gasteiger partial charge >= 0.3 is 0 Å². The molecule has 0 unspecified atom stereocenters. The summed E-state index contributed by atoms with van der Waals surface area (Å²) in [6, 6.07) is 5.11. The van der Waals surface area contributed by atoms with Crippen LogP contribution in [-0.2, 0) is 6.42 Å². The van der Waals surface area contributed by atoms with E-state index in [0.29, 0.717) is 11.8 Å². The molecule has 2 rings (SSSR count). The molecule has 0 bridgehead atoms. The number of hydrogen-bond acceptors (Lipinski definition) is 2. The number of nitrogens with two attached hydrogens (primary N) is 1. The fourth-order valence-electron chi connectivity index (χ4n) is 1.86. The van der Waals surface area contributed by atoms with Gasteiger partial charge < -0.3 is 5.73 Å². The molecule has 1 heterocycles. The van der Waals surface area contributed by atoms with Crippen molar-refractivity contribution < 1.29 is 4.39 Å². The second-order valence-corrected chi connectivity index (χ2v) is 4.79. The van der Waals surface area contributed by atoms with Gasteiger partial charge in [-0.1, -0.05) is 6.07 Å². The molecule has 16 heavy (non-hydrogen) atoms. The molecule has 0 aliphatic heterocycles. The van der Waals surface area contributed by atoms with Crippen LogP contribution in [0.2, 0.25) is 0 Å². The second-order valence-electron chi connectivity index (χ2n) is 4.79. The first-order chi connectivity index (χ1) is 7.47. The summed E-state index contributed by atoms with van der Waals surface area (Å²) >= 11 is 0. The molecule has 0 fully saturated rings. The fourth-order valence-corrected chi connectivity index (χ4v) is 1.86. The number of halogens is 1. The van der Waals surface area contributed by atoms with Crippen molar-refractivity contribution in [2.45, 2.75) is 25.8 Å². The van der Waals surface area contributed by atoms with Gasteiger partial charge in [0.15, 0.2) is 0 Å². The van der Waals surface area contributed by atoms with E-state index in [-0.39, 0.29) is 11.4 Å². The fraction of sp³-hybridized carbons (Fsp3) is 0.308. The van der Waals surface area contributed by atoms with Gasteiger partial charge in [0.25, 0.3) is 0 Å². The van der Waals surface area contributed by atoms with Crippen LogP contribution in [0.3, 0.4) is 0 Å². The zero-order valence-electron chi connectivity index (χ0n) is 9.50. The molecule has 0 radical (unpaired) electrons. The number of pyridine rings is 1. The Labute approximate surface area is 94.3 Å². The topological polar surface area (TPSA) is 38.9 Å². The van der Waals surface area contributed by atoms with Gasteiger partial charge in [0, 0.05) is 23.3 Å². The molecule has 0 saturated carbocycles. The molecule has 0 saturated heterocycles. The average molecular weight is 218 g/mol. The lowest BCUT2D eigenvalue weighted by molar-refractivity contribution is 0.518. The summed E-state index contributed by atoms with van der Waals surface area (Å²) in [6.45, 7) is 3.92. The van der Waals surface area contributed by atoms with Crippen molar-refractivity contribution in [2.24, 2.45) is 5.73 Å². The highest BCUT2D eigenvalue weighted by atomic mass is 19.1. The standard InChI is InChI=1S/C13H15FN2/c1-13(2,15)7-9-3-4-12(14)11-8-16-6-5-10(9)11/h3-6,8H,7,15H2,1-2H3. The minimum atomic E-state index is -0.298. The Kier molecular flexibility index (Phi) is 2.64. The number of nitrogens with zero attached hydrogens (tertiary/aromatic N) is 1. The van der Waals surface area contributed by atoms with E-state index < -0.39 is 0 Å². The summed E-state index contributed by atoms with van der Waals surface area (Å²) in [5, 5.41) is 1.46. The number of fused-ring (bicyclic) bond motifs is 1. The summed E-state index contributed by atoms with van der Waals surface area (Å²) in [5.41, 5.74) is 6.75. The van der Waals surface area contributed by atoms with Crippen LogP contribution in [0.1, 0.15) is 19.4 Å². The smallest absolute Gasteiger partial charge is 0.132 e. The molecule has 0 spiro atoms. The number of rotatable bonds is 2. The van der Waals surface area contributed by atoms with Gasteiger partial charge in [0.05, 0.1) is 0 Å². The summed E-state index contributed by atoms with van der Waals surface area (Å²) in [7, 11) is 0. The second kappa shape index (κ2) is 3.83. The minimum Gasteiger partial charge on any atom is -0.325 e. The SMILES string of the molecule is CC(C)(N)Cc1ccc(F)c2cnccc12. The van der Waals surface area contributed by atoms with Crippen LogP contribution in [0, 0.1) is 5.82 Å². The zero-order chi connectivity index (χ0) is 11.8. The normalized spacial score (nSPS) is 12.0. The van der Waals surface area contributed by atoms with E-state index in [4.69, 9.17) is 5.73 Å². The average Bonchev–Trinajstić information content (AvgIpc) is 2.21. The van der Waals surface area contributed by atoms with Crippen molar-refractivity contribution >= 4 is 10.8 Å². The zero-order valence-corrected chi connectivity index (χ0v) is 9.50. The molecule has 3 heteroatoms. The van der Waals surface area contributed by atoms with E-state index in [2.05, 4.69) is 4.98 Å². The predicted octanol–water partition coefficient (Wildman–Crippen LogP) is 2.65. The highest BCUT2D eigenvalue weighted by molar-refractivity contribution is 5.85. The molecule has 2 N–H and O–H groups in total. The number of aromatic nitrogens is 1. The van der Waals surface area contributed by atoms with Gasteiger partial charge in [-0.3, -0.25) is 4.98 Å². The highest BCUT2D eigenvalue weighted by Crippen LogP contribution is 2.23.